The van der Waals surface area contributed by atoms with Crippen molar-refractivity contribution in [1.82, 2.24) is 20.1 Å². The number of hydrogen-bond acceptors (Lipinski definition) is 6. The molecule has 2 aromatic rings. The van der Waals surface area contributed by atoms with Crippen LogP contribution in [0.1, 0.15) is 5.56 Å². The lowest BCUT2D eigenvalue weighted by Gasteiger charge is -2.04. The van der Waals surface area contributed by atoms with E-state index in [1.807, 2.05) is 6.07 Å². The van der Waals surface area contributed by atoms with E-state index in [1.54, 1.807) is 31.6 Å². The highest BCUT2D eigenvalue weighted by Gasteiger charge is 2.05. The quantitative estimate of drug-likeness (QED) is 0.728. The maximum Gasteiger partial charge on any atom is 0.241 e. The summed E-state index contributed by atoms with van der Waals surface area (Å²) in [6.45, 7) is 1.07. The average molecular weight is 300 g/mol. The van der Waals surface area contributed by atoms with Crippen LogP contribution in [0.15, 0.2) is 30.7 Å². The third kappa shape index (κ3) is 4.57. The van der Waals surface area contributed by atoms with E-state index in [-0.39, 0.29) is 12.5 Å². The van der Waals surface area contributed by atoms with Crippen molar-refractivity contribution in [3.63, 3.8) is 0 Å². The fourth-order valence-electron chi connectivity index (χ4n) is 1.69. The Bertz CT molecular complexity index is 659. The van der Waals surface area contributed by atoms with E-state index in [0.717, 1.165) is 0 Å². The molecule has 22 heavy (non-hydrogen) atoms. The number of pyridine rings is 1. The molecule has 0 aliphatic rings. The summed E-state index contributed by atoms with van der Waals surface area (Å²) >= 11 is 0. The molecule has 2 N–H and O–H groups in total. The van der Waals surface area contributed by atoms with Gasteiger partial charge in [0.05, 0.1) is 24.1 Å². The van der Waals surface area contributed by atoms with Crippen molar-refractivity contribution in [3.05, 3.63) is 36.3 Å². The molecule has 1 amide bonds. The van der Waals surface area contributed by atoms with Crippen LogP contribution in [0, 0.1) is 11.3 Å². The number of nitrogens with zero attached hydrogens (tertiary/aromatic N) is 4. The van der Waals surface area contributed by atoms with Crippen LogP contribution in [0.25, 0.3) is 0 Å². The van der Waals surface area contributed by atoms with Gasteiger partial charge in [0.2, 0.25) is 5.91 Å². The normalized spacial score (nSPS) is 10.0. The first-order chi connectivity index (χ1) is 10.7. The van der Waals surface area contributed by atoms with E-state index in [1.165, 1.54) is 10.9 Å². The average Bonchev–Trinajstić information content (AvgIpc) is 2.95. The summed E-state index contributed by atoms with van der Waals surface area (Å²) < 4.78 is 6.38. The number of ether oxygens (including phenoxy) is 1. The van der Waals surface area contributed by atoms with Crippen LogP contribution < -0.4 is 10.6 Å². The van der Waals surface area contributed by atoms with Crippen LogP contribution in [0.3, 0.4) is 0 Å². The molecule has 0 bridgehead atoms. The maximum atomic E-state index is 11.6. The molecular weight excluding hydrogens is 284 g/mol. The van der Waals surface area contributed by atoms with Crippen LogP contribution >= 0.6 is 0 Å². The van der Waals surface area contributed by atoms with Gasteiger partial charge in [0.25, 0.3) is 0 Å². The Morgan fingerprint density at radius 3 is 3.00 bits per heavy atom. The van der Waals surface area contributed by atoms with Gasteiger partial charge in [0.15, 0.2) is 0 Å². The Balaban J connectivity index is 1.88. The minimum absolute atomic E-state index is 0.131. The highest BCUT2D eigenvalue weighted by Crippen LogP contribution is 2.13. The van der Waals surface area contributed by atoms with Crippen LogP contribution in [0.2, 0.25) is 0 Å². The second-order valence-corrected chi connectivity index (χ2v) is 4.44. The van der Waals surface area contributed by atoms with Gasteiger partial charge in [0, 0.05) is 26.0 Å². The third-order valence-electron chi connectivity index (χ3n) is 2.73. The van der Waals surface area contributed by atoms with Crippen LogP contribution in [0.5, 0.6) is 0 Å². The largest absolute Gasteiger partial charge is 0.383 e. The number of nitrogens with one attached hydrogen (secondary N) is 2. The number of nitriles is 1. The van der Waals surface area contributed by atoms with Crippen LogP contribution in [0.4, 0.5) is 11.5 Å². The number of rotatable bonds is 7. The van der Waals surface area contributed by atoms with Crippen molar-refractivity contribution in [2.45, 2.75) is 6.54 Å². The summed E-state index contributed by atoms with van der Waals surface area (Å²) in [4.78, 5) is 15.7. The SMILES string of the molecule is COCCNC(=O)Cn1cc(Nc2ccc(C#N)cn2)cn1. The van der Waals surface area contributed by atoms with Gasteiger partial charge in [-0.15, -0.1) is 0 Å². The maximum absolute atomic E-state index is 11.6. The van der Waals surface area contributed by atoms with Crippen molar-refractivity contribution in [2.24, 2.45) is 0 Å². The Labute approximate surface area is 127 Å². The summed E-state index contributed by atoms with van der Waals surface area (Å²) in [7, 11) is 1.58. The van der Waals surface area contributed by atoms with E-state index >= 15 is 0 Å². The summed E-state index contributed by atoms with van der Waals surface area (Å²) in [5.41, 5.74) is 1.20. The Morgan fingerprint density at radius 2 is 2.32 bits per heavy atom. The minimum atomic E-state index is -0.136. The van der Waals surface area contributed by atoms with Gasteiger partial charge in [-0.1, -0.05) is 0 Å². The first-order valence-corrected chi connectivity index (χ1v) is 6.62. The molecule has 2 aromatic heterocycles. The van der Waals surface area contributed by atoms with Crippen molar-refractivity contribution >= 4 is 17.4 Å². The summed E-state index contributed by atoms with van der Waals surface area (Å²) in [6, 6.07) is 5.38. The minimum Gasteiger partial charge on any atom is -0.383 e. The highest BCUT2D eigenvalue weighted by molar-refractivity contribution is 5.75. The molecular formula is C14H16N6O2. The fourth-order valence-corrected chi connectivity index (χ4v) is 1.69. The lowest BCUT2D eigenvalue weighted by Crippen LogP contribution is -2.30. The van der Waals surface area contributed by atoms with Crippen molar-refractivity contribution in [1.29, 1.82) is 5.26 Å². The summed E-state index contributed by atoms with van der Waals surface area (Å²) in [5, 5.41) is 18.6. The zero-order valence-corrected chi connectivity index (χ0v) is 12.1. The number of carbonyl (C=O) groups excluding carboxylic acids is 1. The number of aromatic nitrogens is 3. The molecule has 0 spiro atoms. The Kier molecular flexibility index (Phi) is 5.45. The van der Waals surface area contributed by atoms with E-state index in [0.29, 0.717) is 30.2 Å². The van der Waals surface area contributed by atoms with E-state index in [4.69, 9.17) is 10.00 Å². The molecule has 0 radical (unpaired) electrons. The van der Waals surface area contributed by atoms with E-state index in [2.05, 4.69) is 20.7 Å². The molecule has 2 heterocycles. The molecule has 0 saturated heterocycles. The molecule has 0 saturated carbocycles. The second-order valence-electron chi connectivity index (χ2n) is 4.44. The number of anilines is 2. The van der Waals surface area contributed by atoms with Gasteiger partial charge in [-0.3, -0.25) is 9.48 Å². The second kappa shape index (κ2) is 7.75. The van der Waals surface area contributed by atoms with Gasteiger partial charge in [0.1, 0.15) is 18.4 Å². The van der Waals surface area contributed by atoms with Crippen molar-refractivity contribution in [2.75, 3.05) is 25.6 Å². The number of carbonyl (C=O) groups is 1. The van der Waals surface area contributed by atoms with E-state index in [9.17, 15) is 4.79 Å². The molecule has 0 aliphatic carbocycles. The van der Waals surface area contributed by atoms with E-state index < -0.39 is 0 Å². The zero-order chi connectivity index (χ0) is 15.8. The van der Waals surface area contributed by atoms with Gasteiger partial charge >= 0.3 is 0 Å². The molecule has 0 aliphatic heterocycles. The van der Waals surface area contributed by atoms with Crippen LogP contribution in [-0.2, 0) is 16.1 Å². The standard InChI is InChI=1S/C14H16N6O2/c1-22-5-4-16-14(21)10-20-9-12(8-18-20)19-13-3-2-11(6-15)7-17-13/h2-3,7-9H,4-5,10H2,1H3,(H,16,21)(H,17,19). The van der Waals surface area contributed by atoms with Gasteiger partial charge < -0.3 is 15.4 Å². The molecule has 0 atom stereocenters. The molecule has 114 valence electrons. The molecule has 8 heteroatoms. The summed E-state index contributed by atoms with van der Waals surface area (Å²) in [5.74, 6) is 0.464. The highest BCUT2D eigenvalue weighted by atomic mass is 16.5. The molecule has 0 fully saturated rings. The fraction of sp³-hybridized carbons (Fsp3) is 0.286. The molecule has 8 nitrogen and oxygen atoms in total. The molecule has 2 rings (SSSR count). The number of amides is 1. The zero-order valence-electron chi connectivity index (χ0n) is 12.1. The first kappa shape index (κ1) is 15.5. The topological polar surface area (TPSA) is 105 Å². The first-order valence-electron chi connectivity index (χ1n) is 6.62. The number of methoxy groups -OCH3 is 1. The smallest absolute Gasteiger partial charge is 0.241 e. The van der Waals surface area contributed by atoms with Crippen molar-refractivity contribution < 1.29 is 9.53 Å². The monoisotopic (exact) mass is 300 g/mol. The van der Waals surface area contributed by atoms with Crippen LogP contribution in [-0.4, -0.2) is 40.9 Å². The predicted octanol–water partition coefficient (Wildman–Crippen LogP) is 0.656. The summed E-state index contributed by atoms with van der Waals surface area (Å²) in [6.07, 6.45) is 4.79. The number of hydrogen-bond donors (Lipinski definition) is 2. The Hall–Kier alpha value is -2.92. The lowest BCUT2D eigenvalue weighted by atomic mass is 10.3. The lowest BCUT2D eigenvalue weighted by molar-refractivity contribution is -0.122. The Morgan fingerprint density at radius 1 is 1.45 bits per heavy atom. The third-order valence-corrected chi connectivity index (χ3v) is 2.73. The van der Waals surface area contributed by atoms with Gasteiger partial charge in [-0.25, -0.2) is 4.98 Å². The van der Waals surface area contributed by atoms with Gasteiger partial charge in [-0.2, -0.15) is 10.4 Å². The molecule has 0 aromatic carbocycles. The van der Waals surface area contributed by atoms with Crippen molar-refractivity contribution in [3.8, 4) is 6.07 Å². The predicted molar refractivity (Wildman–Crippen MR) is 79.3 cm³/mol. The van der Waals surface area contributed by atoms with Gasteiger partial charge in [-0.05, 0) is 12.1 Å². The molecule has 0 unspecified atom stereocenters.